The second kappa shape index (κ2) is 5.28. The highest BCUT2D eigenvalue weighted by atomic mass is 32.2. The van der Waals surface area contributed by atoms with Gasteiger partial charge in [-0.1, -0.05) is 0 Å². The number of aromatic nitrogens is 2. The van der Waals surface area contributed by atoms with Crippen molar-refractivity contribution in [1.82, 2.24) is 9.78 Å². The van der Waals surface area contributed by atoms with E-state index in [1.165, 1.54) is 12.1 Å². The zero-order valence-electron chi connectivity index (χ0n) is 9.54. The molecule has 1 N–H and O–H groups in total. The summed E-state index contributed by atoms with van der Waals surface area (Å²) in [4.78, 5) is 0.00114. The molecule has 1 unspecified atom stereocenters. The molecule has 1 atom stereocenters. The molecule has 0 bridgehead atoms. The van der Waals surface area contributed by atoms with E-state index in [1.807, 2.05) is 0 Å². The van der Waals surface area contributed by atoms with Crippen molar-refractivity contribution in [2.24, 2.45) is 7.05 Å². The van der Waals surface area contributed by atoms with Gasteiger partial charge in [-0.3, -0.25) is 4.68 Å². The van der Waals surface area contributed by atoms with Crippen LogP contribution < -0.4 is 4.74 Å². The van der Waals surface area contributed by atoms with E-state index < -0.39 is 16.9 Å². The van der Waals surface area contributed by atoms with Crippen LogP contribution >= 0.6 is 0 Å². The van der Waals surface area contributed by atoms with E-state index in [-0.39, 0.29) is 17.3 Å². The largest absolute Gasteiger partial charge is 0.486 e. The van der Waals surface area contributed by atoms with E-state index in [4.69, 9.17) is 9.29 Å². The van der Waals surface area contributed by atoms with Crippen molar-refractivity contribution in [3.05, 3.63) is 42.0 Å². The summed E-state index contributed by atoms with van der Waals surface area (Å²) >= 11 is -2.19. The van der Waals surface area contributed by atoms with Crippen LogP contribution in [0.4, 0.5) is 4.39 Å². The van der Waals surface area contributed by atoms with E-state index >= 15 is 0 Å². The van der Waals surface area contributed by atoms with Crippen molar-refractivity contribution >= 4 is 11.1 Å². The SMILES string of the molecule is Cn1cc(COc2ccc(S(=O)O)cc2F)cn1. The number of aryl methyl sites for hydroxylation is 1. The number of hydrogen-bond donors (Lipinski definition) is 1. The van der Waals surface area contributed by atoms with Gasteiger partial charge in [0.2, 0.25) is 0 Å². The van der Waals surface area contributed by atoms with E-state index in [0.717, 1.165) is 11.6 Å². The van der Waals surface area contributed by atoms with E-state index in [9.17, 15) is 8.60 Å². The number of hydrogen-bond acceptors (Lipinski definition) is 3. The molecule has 1 heterocycles. The first-order valence-corrected chi connectivity index (χ1v) is 6.17. The standard InChI is InChI=1S/C11H11FN2O3S/c1-14-6-8(5-13-14)7-17-11-3-2-9(18(15)16)4-10(11)12/h2-6H,7H2,1H3,(H,15,16). The number of rotatable bonds is 4. The summed E-state index contributed by atoms with van der Waals surface area (Å²) < 4.78 is 39.9. The predicted octanol–water partition coefficient (Wildman–Crippen LogP) is 1.72. The number of nitrogens with zero attached hydrogens (tertiary/aromatic N) is 2. The monoisotopic (exact) mass is 270 g/mol. The van der Waals surface area contributed by atoms with Crippen molar-refractivity contribution in [1.29, 1.82) is 0 Å². The van der Waals surface area contributed by atoms with Crippen LogP contribution in [0.15, 0.2) is 35.5 Å². The molecule has 0 saturated carbocycles. The van der Waals surface area contributed by atoms with Gasteiger partial charge in [0.05, 0.1) is 11.1 Å². The number of halogens is 1. The molecule has 0 spiro atoms. The van der Waals surface area contributed by atoms with Crippen LogP contribution in [0.3, 0.4) is 0 Å². The van der Waals surface area contributed by atoms with Gasteiger partial charge in [0.1, 0.15) is 6.61 Å². The van der Waals surface area contributed by atoms with Crippen LogP contribution in [0.2, 0.25) is 0 Å². The lowest BCUT2D eigenvalue weighted by Crippen LogP contribution is -1.98. The topological polar surface area (TPSA) is 64.3 Å². The molecule has 2 rings (SSSR count). The average molecular weight is 270 g/mol. The van der Waals surface area contributed by atoms with E-state index in [2.05, 4.69) is 5.10 Å². The summed E-state index contributed by atoms with van der Waals surface area (Å²) in [7, 11) is 1.77. The van der Waals surface area contributed by atoms with Crippen molar-refractivity contribution in [2.45, 2.75) is 11.5 Å². The zero-order chi connectivity index (χ0) is 13.1. The molecule has 2 aromatic rings. The molecule has 0 saturated heterocycles. The van der Waals surface area contributed by atoms with Gasteiger partial charge in [-0.15, -0.1) is 0 Å². The average Bonchev–Trinajstić information content (AvgIpc) is 2.73. The maximum atomic E-state index is 13.5. The Balaban J connectivity index is 2.08. The molecule has 1 aromatic heterocycles. The van der Waals surface area contributed by atoms with Gasteiger partial charge in [-0.05, 0) is 18.2 Å². The molecule has 18 heavy (non-hydrogen) atoms. The summed E-state index contributed by atoms with van der Waals surface area (Å²) in [5, 5.41) is 3.96. The molecule has 0 aliphatic carbocycles. The van der Waals surface area contributed by atoms with Gasteiger partial charge < -0.3 is 9.29 Å². The van der Waals surface area contributed by atoms with E-state index in [1.54, 1.807) is 24.1 Å². The summed E-state index contributed by atoms with van der Waals surface area (Å²) in [5.74, 6) is -0.633. The Bertz CT molecular complexity index is 585. The Morgan fingerprint density at radius 3 is 2.89 bits per heavy atom. The van der Waals surface area contributed by atoms with Crippen LogP contribution in [0.5, 0.6) is 5.75 Å². The third-order valence-electron chi connectivity index (χ3n) is 2.26. The van der Waals surface area contributed by atoms with Crippen LogP contribution in [0.25, 0.3) is 0 Å². The van der Waals surface area contributed by atoms with Crippen LogP contribution in [0.1, 0.15) is 5.56 Å². The minimum absolute atomic E-state index is 0.00114. The molecule has 96 valence electrons. The summed E-state index contributed by atoms with van der Waals surface area (Å²) in [6.07, 6.45) is 3.38. The molecule has 0 aliphatic heterocycles. The zero-order valence-corrected chi connectivity index (χ0v) is 10.4. The van der Waals surface area contributed by atoms with Gasteiger partial charge in [0.15, 0.2) is 22.6 Å². The molecule has 0 aliphatic rings. The molecule has 1 aromatic carbocycles. The Morgan fingerprint density at radius 2 is 2.33 bits per heavy atom. The highest BCUT2D eigenvalue weighted by Gasteiger charge is 2.08. The second-order valence-corrected chi connectivity index (χ2v) is 4.62. The minimum Gasteiger partial charge on any atom is -0.486 e. The Morgan fingerprint density at radius 1 is 1.56 bits per heavy atom. The van der Waals surface area contributed by atoms with Crippen molar-refractivity contribution in [3.63, 3.8) is 0 Å². The normalized spacial score (nSPS) is 12.4. The maximum Gasteiger partial charge on any atom is 0.186 e. The smallest absolute Gasteiger partial charge is 0.186 e. The molecular weight excluding hydrogens is 259 g/mol. The van der Waals surface area contributed by atoms with Gasteiger partial charge in [0, 0.05) is 18.8 Å². The van der Waals surface area contributed by atoms with Gasteiger partial charge in [-0.2, -0.15) is 5.10 Å². The molecule has 7 heteroatoms. The molecular formula is C11H11FN2O3S. The summed E-state index contributed by atoms with van der Waals surface area (Å²) in [6.45, 7) is 0.187. The molecule has 0 amide bonds. The lowest BCUT2D eigenvalue weighted by atomic mass is 10.3. The van der Waals surface area contributed by atoms with Crippen LogP contribution in [0, 0.1) is 5.82 Å². The molecule has 5 nitrogen and oxygen atoms in total. The fourth-order valence-electron chi connectivity index (χ4n) is 1.41. The molecule has 0 fully saturated rings. The fraction of sp³-hybridized carbons (Fsp3) is 0.182. The van der Waals surface area contributed by atoms with Crippen molar-refractivity contribution in [2.75, 3.05) is 0 Å². The first-order chi connectivity index (χ1) is 8.56. The summed E-state index contributed by atoms with van der Waals surface area (Å²) in [6, 6.07) is 3.65. The van der Waals surface area contributed by atoms with Crippen molar-refractivity contribution < 1.29 is 17.9 Å². The highest BCUT2D eigenvalue weighted by Crippen LogP contribution is 2.20. The third-order valence-corrected chi connectivity index (χ3v) is 2.91. The maximum absolute atomic E-state index is 13.5. The first-order valence-electron chi connectivity index (χ1n) is 5.07. The minimum atomic E-state index is -2.19. The van der Waals surface area contributed by atoms with E-state index in [0.29, 0.717) is 0 Å². The van der Waals surface area contributed by atoms with Gasteiger partial charge in [-0.25, -0.2) is 8.60 Å². The van der Waals surface area contributed by atoms with Crippen LogP contribution in [-0.4, -0.2) is 18.5 Å². The lowest BCUT2D eigenvalue weighted by Gasteiger charge is -2.06. The Hall–Kier alpha value is -1.73. The van der Waals surface area contributed by atoms with Gasteiger partial charge >= 0.3 is 0 Å². The number of benzene rings is 1. The Labute approximate surface area is 105 Å². The third kappa shape index (κ3) is 2.93. The van der Waals surface area contributed by atoms with Crippen molar-refractivity contribution in [3.8, 4) is 5.75 Å². The Kier molecular flexibility index (Phi) is 3.73. The van der Waals surface area contributed by atoms with Gasteiger partial charge in [0.25, 0.3) is 0 Å². The predicted molar refractivity (Wildman–Crippen MR) is 63.0 cm³/mol. The fourth-order valence-corrected chi connectivity index (χ4v) is 1.80. The number of ether oxygens (including phenoxy) is 1. The highest BCUT2D eigenvalue weighted by molar-refractivity contribution is 7.79. The lowest BCUT2D eigenvalue weighted by molar-refractivity contribution is 0.289. The quantitative estimate of drug-likeness (QED) is 0.859. The summed E-state index contributed by atoms with van der Waals surface area (Å²) in [5.41, 5.74) is 0.812. The molecule has 0 radical (unpaired) electrons. The first kappa shape index (κ1) is 12.7. The van der Waals surface area contributed by atoms with Crippen LogP contribution in [-0.2, 0) is 24.7 Å². The second-order valence-electron chi connectivity index (χ2n) is 3.65.